The van der Waals surface area contributed by atoms with Gasteiger partial charge in [-0.1, -0.05) is 18.7 Å². The summed E-state index contributed by atoms with van der Waals surface area (Å²) in [4.78, 5) is 24.9. The van der Waals surface area contributed by atoms with Crippen molar-refractivity contribution in [3.63, 3.8) is 0 Å². The molecule has 7 nitrogen and oxygen atoms in total. The van der Waals surface area contributed by atoms with Gasteiger partial charge in [-0.25, -0.2) is 9.89 Å². The Balaban J connectivity index is 1.80. The zero-order chi connectivity index (χ0) is 19.6. The summed E-state index contributed by atoms with van der Waals surface area (Å²) in [5.41, 5.74) is 2.37. The summed E-state index contributed by atoms with van der Waals surface area (Å²) in [6.07, 6.45) is 2.47. The molecule has 27 heavy (non-hydrogen) atoms. The Morgan fingerprint density at radius 3 is 2.81 bits per heavy atom. The highest BCUT2D eigenvalue weighted by Crippen LogP contribution is 2.26. The largest absolute Gasteiger partial charge is 0.467 e. The van der Waals surface area contributed by atoms with Gasteiger partial charge in [-0.05, 0) is 45.4 Å². The second kappa shape index (κ2) is 8.04. The molecule has 144 valence electrons. The van der Waals surface area contributed by atoms with Gasteiger partial charge in [0.1, 0.15) is 5.76 Å². The number of hydrogen-bond acceptors (Lipinski definition) is 5. The predicted molar refractivity (Wildman–Crippen MR) is 105 cm³/mol. The molecular weight excluding hydrogens is 364 g/mol. The van der Waals surface area contributed by atoms with E-state index < -0.39 is 0 Å². The van der Waals surface area contributed by atoms with Crippen LogP contribution in [0.15, 0.2) is 38.8 Å². The molecule has 0 saturated carbocycles. The monoisotopic (exact) mass is 388 g/mol. The normalized spacial score (nSPS) is 12.4. The van der Waals surface area contributed by atoms with Crippen LogP contribution in [-0.4, -0.2) is 30.4 Å². The average molecular weight is 388 g/mol. The van der Waals surface area contributed by atoms with Gasteiger partial charge in [0.05, 0.1) is 18.1 Å². The van der Waals surface area contributed by atoms with Crippen LogP contribution in [0.2, 0.25) is 0 Å². The molecule has 3 aromatic heterocycles. The number of aryl methyl sites for hydroxylation is 1. The van der Waals surface area contributed by atoms with E-state index in [-0.39, 0.29) is 16.7 Å². The van der Waals surface area contributed by atoms with Crippen LogP contribution in [0.25, 0.3) is 0 Å². The molecule has 3 aromatic rings. The minimum absolute atomic E-state index is 0.0253. The summed E-state index contributed by atoms with van der Waals surface area (Å²) in [6, 6.07) is 5.69. The number of nitrogens with one attached hydrogen (secondary N) is 1. The molecule has 0 spiro atoms. The molecule has 1 atom stereocenters. The molecule has 0 amide bonds. The number of thioether (sulfide) groups is 1. The lowest BCUT2D eigenvalue weighted by Gasteiger charge is -2.11. The van der Waals surface area contributed by atoms with Crippen molar-refractivity contribution in [2.75, 3.05) is 0 Å². The third kappa shape index (κ3) is 3.95. The van der Waals surface area contributed by atoms with E-state index in [0.717, 1.165) is 23.6 Å². The van der Waals surface area contributed by atoms with Gasteiger partial charge in [-0.3, -0.25) is 9.36 Å². The van der Waals surface area contributed by atoms with Crippen LogP contribution in [0.1, 0.15) is 47.8 Å². The van der Waals surface area contributed by atoms with Gasteiger partial charge in [0.25, 0.3) is 0 Å². The zero-order valence-electron chi connectivity index (χ0n) is 16.0. The number of Topliss-reactive ketones (excluding diaryl/α,β-unsaturated/α-hetero) is 1. The third-order valence-corrected chi connectivity index (χ3v) is 5.65. The Labute approximate surface area is 161 Å². The molecule has 0 aliphatic carbocycles. The molecule has 3 heterocycles. The molecule has 0 radical (unpaired) electrons. The molecule has 1 N–H and O–H groups in total. The number of carbonyl (C=O) groups is 1. The molecule has 0 unspecified atom stereocenters. The zero-order valence-corrected chi connectivity index (χ0v) is 16.8. The number of rotatable bonds is 8. The topological polar surface area (TPSA) is 85.8 Å². The van der Waals surface area contributed by atoms with Crippen molar-refractivity contribution in [3.8, 4) is 0 Å². The Kier molecular flexibility index (Phi) is 5.74. The van der Waals surface area contributed by atoms with Crippen LogP contribution in [0, 0.1) is 13.8 Å². The number of aromatic amines is 1. The van der Waals surface area contributed by atoms with Crippen molar-refractivity contribution in [2.24, 2.45) is 0 Å². The number of carbonyl (C=O) groups excluding carboxylic acids is 1. The highest BCUT2D eigenvalue weighted by molar-refractivity contribution is 8.00. The predicted octanol–water partition coefficient (Wildman–Crippen LogP) is 3.40. The van der Waals surface area contributed by atoms with Crippen LogP contribution in [0.5, 0.6) is 0 Å². The van der Waals surface area contributed by atoms with Gasteiger partial charge >= 0.3 is 5.69 Å². The quantitative estimate of drug-likeness (QED) is 0.472. The Hall–Kier alpha value is -2.48. The summed E-state index contributed by atoms with van der Waals surface area (Å²) < 4.78 is 9.08. The van der Waals surface area contributed by atoms with E-state index in [1.165, 1.54) is 11.8 Å². The van der Waals surface area contributed by atoms with Gasteiger partial charge in [0.15, 0.2) is 10.9 Å². The van der Waals surface area contributed by atoms with Crippen LogP contribution >= 0.6 is 11.8 Å². The number of furan rings is 1. The maximum Gasteiger partial charge on any atom is 0.343 e. The Bertz CT molecular complexity index is 981. The lowest BCUT2D eigenvalue weighted by atomic mass is 10.1. The van der Waals surface area contributed by atoms with E-state index in [2.05, 4.69) is 14.8 Å². The van der Waals surface area contributed by atoms with E-state index in [1.807, 2.05) is 45.9 Å². The van der Waals surface area contributed by atoms with Crippen molar-refractivity contribution in [3.05, 3.63) is 57.7 Å². The summed E-state index contributed by atoms with van der Waals surface area (Å²) in [7, 11) is 0. The van der Waals surface area contributed by atoms with E-state index >= 15 is 0 Å². The molecule has 3 rings (SSSR count). The summed E-state index contributed by atoms with van der Waals surface area (Å²) >= 11 is 1.31. The average Bonchev–Trinajstić information content (AvgIpc) is 3.34. The van der Waals surface area contributed by atoms with E-state index in [4.69, 9.17) is 4.42 Å². The smallest absolute Gasteiger partial charge is 0.343 e. The van der Waals surface area contributed by atoms with Gasteiger partial charge in [-0.15, -0.1) is 5.10 Å². The molecule has 0 saturated heterocycles. The minimum atomic E-state index is -0.353. The fourth-order valence-corrected chi connectivity index (χ4v) is 4.05. The molecule has 0 aliphatic heterocycles. The van der Waals surface area contributed by atoms with Crippen molar-refractivity contribution >= 4 is 17.5 Å². The van der Waals surface area contributed by atoms with E-state index in [9.17, 15) is 9.59 Å². The highest BCUT2D eigenvalue weighted by atomic mass is 32.2. The molecule has 8 heteroatoms. The Morgan fingerprint density at radius 2 is 2.15 bits per heavy atom. The van der Waals surface area contributed by atoms with Crippen LogP contribution in [0.3, 0.4) is 0 Å². The first kappa shape index (κ1) is 19.3. The van der Waals surface area contributed by atoms with Crippen LogP contribution < -0.4 is 5.69 Å². The van der Waals surface area contributed by atoms with Crippen molar-refractivity contribution in [2.45, 2.75) is 57.6 Å². The van der Waals surface area contributed by atoms with Gasteiger partial charge < -0.3 is 8.98 Å². The molecule has 0 fully saturated rings. The molecule has 0 aromatic carbocycles. The first-order valence-corrected chi connectivity index (χ1v) is 9.85. The third-order valence-electron chi connectivity index (χ3n) is 4.56. The van der Waals surface area contributed by atoms with Crippen molar-refractivity contribution in [1.82, 2.24) is 19.3 Å². The van der Waals surface area contributed by atoms with E-state index in [1.54, 1.807) is 10.8 Å². The molecule has 0 aliphatic rings. The summed E-state index contributed by atoms with van der Waals surface area (Å²) in [6.45, 7) is 8.95. The summed E-state index contributed by atoms with van der Waals surface area (Å²) in [5.74, 6) is 0.871. The first-order chi connectivity index (χ1) is 12.9. The summed E-state index contributed by atoms with van der Waals surface area (Å²) in [5, 5.41) is 6.73. The number of nitrogens with zero attached hydrogens (tertiary/aromatic N) is 3. The lowest BCUT2D eigenvalue weighted by molar-refractivity contribution is 0.0993. The second-order valence-electron chi connectivity index (χ2n) is 6.54. The van der Waals surface area contributed by atoms with E-state index in [0.29, 0.717) is 23.8 Å². The fourth-order valence-electron chi connectivity index (χ4n) is 3.10. The highest BCUT2D eigenvalue weighted by Gasteiger charge is 2.24. The standard InChI is InChI=1S/C19H24N4O3S/c1-5-8-22-18(25)20-21-19(22)27-14(4)17(24)16-10-12(2)23(13(16)3)11-15-7-6-9-26-15/h6-7,9-10,14H,5,8,11H2,1-4H3,(H,20,25)/t14-/m1/s1. The SMILES string of the molecule is CCCn1c(S[C@H](C)C(=O)c2cc(C)n(Cc3ccco3)c2C)n[nH]c1=O. The first-order valence-electron chi connectivity index (χ1n) is 8.97. The van der Waals surface area contributed by atoms with Gasteiger partial charge in [0, 0.05) is 23.5 Å². The number of H-pyrrole nitrogens is 1. The fraction of sp³-hybridized carbons (Fsp3) is 0.421. The van der Waals surface area contributed by atoms with Gasteiger partial charge in [0.2, 0.25) is 0 Å². The second-order valence-corrected chi connectivity index (χ2v) is 7.85. The number of hydrogen-bond donors (Lipinski definition) is 1. The van der Waals surface area contributed by atoms with Crippen LogP contribution in [0.4, 0.5) is 0 Å². The minimum Gasteiger partial charge on any atom is -0.467 e. The van der Waals surface area contributed by atoms with Crippen LogP contribution in [-0.2, 0) is 13.1 Å². The van der Waals surface area contributed by atoms with Crippen molar-refractivity contribution in [1.29, 1.82) is 0 Å². The molecule has 0 bridgehead atoms. The lowest BCUT2D eigenvalue weighted by Crippen LogP contribution is -2.19. The number of aromatic nitrogens is 4. The number of ketones is 1. The van der Waals surface area contributed by atoms with Gasteiger partial charge in [-0.2, -0.15) is 0 Å². The maximum absolute atomic E-state index is 13.0. The Morgan fingerprint density at radius 1 is 1.37 bits per heavy atom. The maximum atomic E-state index is 13.0. The van der Waals surface area contributed by atoms with Crippen molar-refractivity contribution < 1.29 is 9.21 Å². The molecular formula is C19H24N4O3S.